The molecule has 0 heterocycles. The molecular formula is C14H20N2O. The molecule has 1 aromatic carbocycles. The predicted octanol–water partition coefficient (Wildman–Crippen LogP) is 1.79. The van der Waals surface area contributed by atoms with Crippen LogP contribution in [0.1, 0.15) is 38.2 Å². The van der Waals surface area contributed by atoms with Crippen molar-refractivity contribution in [1.29, 1.82) is 0 Å². The maximum absolute atomic E-state index is 11.2. The van der Waals surface area contributed by atoms with E-state index in [1.54, 1.807) is 0 Å². The first-order chi connectivity index (χ1) is 7.99. The van der Waals surface area contributed by atoms with E-state index in [4.69, 9.17) is 5.73 Å². The Morgan fingerprint density at radius 1 is 1.29 bits per heavy atom. The fourth-order valence-electron chi connectivity index (χ4n) is 2.31. The summed E-state index contributed by atoms with van der Waals surface area (Å²) in [6.07, 6.45) is 2.17. The van der Waals surface area contributed by atoms with Crippen molar-refractivity contribution in [2.24, 2.45) is 5.73 Å². The summed E-state index contributed by atoms with van der Waals surface area (Å²) in [4.78, 5) is 11.2. The van der Waals surface area contributed by atoms with Gasteiger partial charge in [0.2, 0.25) is 5.91 Å². The van der Waals surface area contributed by atoms with Crippen molar-refractivity contribution >= 4 is 5.91 Å². The minimum absolute atomic E-state index is 0.291. The van der Waals surface area contributed by atoms with Crippen molar-refractivity contribution in [3.05, 3.63) is 35.9 Å². The van der Waals surface area contributed by atoms with Crippen LogP contribution in [-0.2, 0) is 4.79 Å². The summed E-state index contributed by atoms with van der Waals surface area (Å²) in [5.41, 5.74) is 6.13. The van der Waals surface area contributed by atoms with E-state index in [1.165, 1.54) is 5.56 Å². The predicted molar refractivity (Wildman–Crippen MR) is 68.6 cm³/mol. The van der Waals surface area contributed by atoms with Gasteiger partial charge in [-0.3, -0.25) is 4.79 Å². The van der Waals surface area contributed by atoms with Crippen molar-refractivity contribution in [3.8, 4) is 0 Å². The summed E-state index contributed by atoms with van der Waals surface area (Å²) in [6, 6.07) is 10.9. The summed E-state index contributed by atoms with van der Waals surface area (Å²) < 4.78 is 0. The molecule has 0 spiro atoms. The molecule has 1 fully saturated rings. The molecule has 0 unspecified atom stereocenters. The highest BCUT2D eigenvalue weighted by molar-refractivity contribution is 5.83. The maximum Gasteiger partial charge on any atom is 0.237 e. The molecule has 0 aliphatic heterocycles. The second-order valence-electron chi connectivity index (χ2n) is 5.41. The average Bonchev–Trinajstić information content (AvgIpc) is 2.24. The van der Waals surface area contributed by atoms with Gasteiger partial charge in [-0.05, 0) is 38.2 Å². The lowest BCUT2D eigenvalue weighted by molar-refractivity contribution is -0.123. The molecule has 1 saturated carbocycles. The molecule has 1 aliphatic carbocycles. The van der Waals surface area contributed by atoms with E-state index in [-0.39, 0.29) is 5.91 Å². The highest BCUT2D eigenvalue weighted by Gasteiger charge is 2.35. The largest absolute Gasteiger partial charge is 0.368 e. The van der Waals surface area contributed by atoms with Gasteiger partial charge in [-0.25, -0.2) is 0 Å². The molecule has 0 atom stereocenters. The Hall–Kier alpha value is -1.35. The van der Waals surface area contributed by atoms with Gasteiger partial charge in [0, 0.05) is 6.04 Å². The van der Waals surface area contributed by atoms with Crippen LogP contribution in [0.5, 0.6) is 0 Å². The van der Waals surface area contributed by atoms with E-state index in [9.17, 15) is 4.79 Å². The zero-order valence-electron chi connectivity index (χ0n) is 10.4. The minimum atomic E-state index is -0.605. The number of nitrogens with one attached hydrogen (secondary N) is 1. The molecule has 92 valence electrons. The summed E-state index contributed by atoms with van der Waals surface area (Å²) in [7, 11) is 0. The molecular weight excluding hydrogens is 212 g/mol. The van der Waals surface area contributed by atoms with E-state index >= 15 is 0 Å². The van der Waals surface area contributed by atoms with Crippen LogP contribution in [0.25, 0.3) is 0 Å². The first-order valence-corrected chi connectivity index (χ1v) is 6.11. The van der Waals surface area contributed by atoms with Gasteiger partial charge < -0.3 is 11.1 Å². The monoisotopic (exact) mass is 232 g/mol. The van der Waals surface area contributed by atoms with E-state index in [2.05, 4.69) is 29.6 Å². The van der Waals surface area contributed by atoms with Gasteiger partial charge >= 0.3 is 0 Å². The smallest absolute Gasteiger partial charge is 0.237 e. The summed E-state index contributed by atoms with van der Waals surface area (Å²) >= 11 is 0. The third-order valence-electron chi connectivity index (χ3n) is 3.59. The van der Waals surface area contributed by atoms with E-state index in [0.717, 1.165) is 12.8 Å². The number of hydrogen-bond acceptors (Lipinski definition) is 2. The number of carbonyl (C=O) groups excluding carboxylic acids is 1. The normalized spacial score (nSPS) is 24.1. The van der Waals surface area contributed by atoms with Gasteiger partial charge in [0.05, 0.1) is 5.54 Å². The first kappa shape index (κ1) is 12.1. The molecule has 0 aromatic heterocycles. The fourth-order valence-corrected chi connectivity index (χ4v) is 2.31. The second kappa shape index (κ2) is 4.49. The molecule has 1 amide bonds. The Kier molecular flexibility index (Phi) is 3.20. The molecule has 3 N–H and O–H groups in total. The van der Waals surface area contributed by atoms with Crippen molar-refractivity contribution in [3.63, 3.8) is 0 Å². The standard InChI is InChI=1S/C14H20N2O/c1-14(2,13(15)17)16-12-8-11(9-12)10-6-4-3-5-7-10/h3-7,11-12,16H,8-9H2,1-2H3,(H2,15,17). The van der Waals surface area contributed by atoms with Gasteiger partial charge in [0.1, 0.15) is 0 Å². The molecule has 1 aromatic rings. The molecule has 0 saturated heterocycles. The Morgan fingerprint density at radius 3 is 2.41 bits per heavy atom. The quantitative estimate of drug-likeness (QED) is 0.831. The van der Waals surface area contributed by atoms with Crippen LogP contribution in [0.15, 0.2) is 30.3 Å². The van der Waals surface area contributed by atoms with Crippen LogP contribution in [0, 0.1) is 0 Å². The zero-order chi connectivity index (χ0) is 12.5. The van der Waals surface area contributed by atoms with Crippen molar-refractivity contribution in [2.75, 3.05) is 0 Å². The molecule has 0 radical (unpaired) electrons. The molecule has 17 heavy (non-hydrogen) atoms. The molecule has 2 rings (SSSR count). The third kappa shape index (κ3) is 2.67. The van der Waals surface area contributed by atoms with Crippen LogP contribution >= 0.6 is 0 Å². The van der Waals surface area contributed by atoms with Crippen LogP contribution in [-0.4, -0.2) is 17.5 Å². The zero-order valence-corrected chi connectivity index (χ0v) is 10.4. The molecule has 0 bridgehead atoms. The van der Waals surface area contributed by atoms with Crippen molar-refractivity contribution in [2.45, 2.75) is 44.2 Å². The summed E-state index contributed by atoms with van der Waals surface area (Å²) in [5, 5.41) is 3.32. The molecule has 3 heteroatoms. The summed E-state index contributed by atoms with van der Waals surface area (Å²) in [6.45, 7) is 3.68. The van der Waals surface area contributed by atoms with Crippen molar-refractivity contribution in [1.82, 2.24) is 5.32 Å². The van der Waals surface area contributed by atoms with E-state index < -0.39 is 5.54 Å². The third-order valence-corrected chi connectivity index (χ3v) is 3.59. The van der Waals surface area contributed by atoms with Crippen molar-refractivity contribution < 1.29 is 4.79 Å². The Balaban J connectivity index is 1.86. The Morgan fingerprint density at radius 2 is 1.88 bits per heavy atom. The maximum atomic E-state index is 11.2. The topological polar surface area (TPSA) is 55.1 Å². The van der Waals surface area contributed by atoms with Crippen LogP contribution in [0.4, 0.5) is 0 Å². The highest BCUT2D eigenvalue weighted by atomic mass is 16.1. The van der Waals surface area contributed by atoms with Gasteiger partial charge in [0.25, 0.3) is 0 Å². The lowest BCUT2D eigenvalue weighted by Crippen LogP contribution is -2.57. The minimum Gasteiger partial charge on any atom is -0.368 e. The number of rotatable bonds is 4. The average molecular weight is 232 g/mol. The number of amides is 1. The highest BCUT2D eigenvalue weighted by Crippen LogP contribution is 2.37. The summed E-state index contributed by atoms with van der Waals surface area (Å²) in [5.74, 6) is 0.332. The number of hydrogen-bond donors (Lipinski definition) is 2. The van der Waals surface area contributed by atoms with Gasteiger partial charge in [-0.1, -0.05) is 30.3 Å². The van der Waals surface area contributed by atoms with Gasteiger partial charge in [-0.2, -0.15) is 0 Å². The van der Waals surface area contributed by atoms with Crippen LogP contribution in [0.2, 0.25) is 0 Å². The number of nitrogens with two attached hydrogens (primary N) is 1. The van der Waals surface area contributed by atoms with E-state index in [1.807, 2.05) is 19.9 Å². The van der Waals surface area contributed by atoms with E-state index in [0.29, 0.717) is 12.0 Å². The number of carbonyl (C=O) groups is 1. The second-order valence-corrected chi connectivity index (χ2v) is 5.41. The Labute approximate surface area is 102 Å². The molecule has 1 aliphatic rings. The number of benzene rings is 1. The van der Waals surface area contributed by atoms with Crippen LogP contribution < -0.4 is 11.1 Å². The first-order valence-electron chi connectivity index (χ1n) is 6.11. The fraction of sp³-hybridized carbons (Fsp3) is 0.500. The van der Waals surface area contributed by atoms with Gasteiger partial charge in [-0.15, -0.1) is 0 Å². The lowest BCUT2D eigenvalue weighted by Gasteiger charge is -2.40. The number of primary amides is 1. The Bertz CT molecular complexity index is 394. The SMILES string of the molecule is CC(C)(NC1CC(c2ccccc2)C1)C(N)=O. The van der Waals surface area contributed by atoms with Gasteiger partial charge in [0.15, 0.2) is 0 Å². The lowest BCUT2D eigenvalue weighted by atomic mass is 9.75. The van der Waals surface area contributed by atoms with Crippen LogP contribution in [0.3, 0.4) is 0 Å². The molecule has 3 nitrogen and oxygen atoms in total.